The van der Waals surface area contributed by atoms with Gasteiger partial charge in [0.05, 0.1) is 65.7 Å². The quantitative estimate of drug-likeness (QED) is 0.0145. The average molecular weight is 1290 g/mol. The van der Waals surface area contributed by atoms with Crippen LogP contribution in [0.2, 0.25) is 5.02 Å². The van der Waals surface area contributed by atoms with Crippen LogP contribution in [-0.2, 0) is 33.8 Å². The fourth-order valence-electron chi connectivity index (χ4n) is 12.4. The Hall–Kier alpha value is -8.54. The maximum atomic E-state index is 14.2. The van der Waals surface area contributed by atoms with Crippen LogP contribution in [0.1, 0.15) is 101 Å². The number of pyridine rings is 1. The number of carbonyl (C=O) groups excluding carboxylic acids is 5. The van der Waals surface area contributed by atoms with Crippen molar-refractivity contribution >= 4 is 84.8 Å². The molecule has 482 valence electrons. The monoisotopic (exact) mass is 1290 g/mol. The Bertz CT molecular complexity index is 4000. The van der Waals surface area contributed by atoms with Crippen LogP contribution in [0.15, 0.2) is 114 Å². The third-order valence-corrected chi connectivity index (χ3v) is 19.1. The smallest absolute Gasteiger partial charge is 0.293 e. The Balaban J connectivity index is 0.616. The van der Waals surface area contributed by atoms with E-state index in [2.05, 4.69) is 77.8 Å². The van der Waals surface area contributed by atoms with Crippen LogP contribution < -0.4 is 25.0 Å². The summed E-state index contributed by atoms with van der Waals surface area (Å²) in [5.41, 5.74) is 5.94. The second-order valence-electron chi connectivity index (χ2n) is 24.4. The molecule has 0 saturated carbocycles. The number of hydrogen-bond acceptors (Lipinski definition) is 18. The van der Waals surface area contributed by atoms with Crippen LogP contribution in [0.5, 0.6) is 11.5 Å². The first-order valence-corrected chi connectivity index (χ1v) is 32.8. The average Bonchev–Trinajstić information content (AvgIpc) is 1.58. The first kappa shape index (κ1) is 65.0. The van der Waals surface area contributed by atoms with Gasteiger partial charge < -0.3 is 39.0 Å². The highest BCUT2D eigenvalue weighted by molar-refractivity contribution is 7.90. The van der Waals surface area contributed by atoms with Crippen molar-refractivity contribution in [3.8, 4) is 23.3 Å². The molecule has 3 saturated heterocycles. The predicted octanol–water partition coefficient (Wildman–Crippen LogP) is 8.45. The van der Waals surface area contributed by atoms with Crippen molar-refractivity contribution in [3.63, 3.8) is 0 Å². The number of benzene rings is 4. The summed E-state index contributed by atoms with van der Waals surface area (Å²) in [6.45, 7) is 13.1. The van der Waals surface area contributed by atoms with Gasteiger partial charge in [-0.2, -0.15) is 0 Å². The van der Waals surface area contributed by atoms with E-state index in [-0.39, 0.29) is 65.5 Å². The SMILES string of the molecule is CC1(C)CCC(CN2CCN(c3ccc(C(=O)NS(=O)(=O)c4ccc(NCC5CCN(CCOCCOCCOCC#Cc6cccc7c6C(=O)N(C6CCC(=O)NC6=O)C7=O)CC5)c([N+](=O)[O-])c4)c(Oc4cnc5[nH]ccc5c4)c3)CC2)=C(c2ccc(Cl)cc2)C1. The molecule has 6 aromatic rings. The van der Waals surface area contributed by atoms with E-state index in [4.69, 9.17) is 30.5 Å². The molecule has 1 atom stereocenters. The number of aromatic amines is 1. The molecule has 5 aliphatic rings. The van der Waals surface area contributed by atoms with E-state index in [1.54, 1.807) is 36.5 Å². The highest BCUT2D eigenvalue weighted by Crippen LogP contribution is 2.44. The minimum atomic E-state index is -4.64. The van der Waals surface area contributed by atoms with E-state index in [1.807, 2.05) is 18.2 Å². The molecular formula is C67H73ClN10O13S. The van der Waals surface area contributed by atoms with Gasteiger partial charge in [-0.1, -0.05) is 61.1 Å². The number of aromatic nitrogens is 2. The number of piperazine rings is 1. The first-order chi connectivity index (χ1) is 44.4. The summed E-state index contributed by atoms with van der Waals surface area (Å²) < 4.78 is 53.4. The van der Waals surface area contributed by atoms with Gasteiger partial charge in [-0.3, -0.25) is 49.2 Å². The van der Waals surface area contributed by atoms with Crippen molar-refractivity contribution < 1.29 is 56.3 Å². The van der Waals surface area contributed by atoms with Gasteiger partial charge >= 0.3 is 0 Å². The van der Waals surface area contributed by atoms with Crippen LogP contribution in [-0.4, -0.2) is 172 Å². The minimum absolute atomic E-state index is 0.0279. The fourth-order valence-corrected chi connectivity index (χ4v) is 13.5. The number of imide groups is 2. The summed E-state index contributed by atoms with van der Waals surface area (Å²) in [5, 5.41) is 19.3. The Morgan fingerprint density at radius 1 is 0.848 bits per heavy atom. The topological polar surface area (TPSA) is 277 Å². The molecule has 5 amide bonds. The molecule has 2 aromatic heterocycles. The lowest BCUT2D eigenvalue weighted by Crippen LogP contribution is -2.54. The van der Waals surface area contributed by atoms with Gasteiger partial charge in [0, 0.05) is 92.2 Å². The normalized spacial score (nSPS) is 18.2. The number of nitrogens with zero attached hydrogens (tertiary/aromatic N) is 6. The van der Waals surface area contributed by atoms with Gasteiger partial charge in [-0.15, -0.1) is 0 Å². The highest BCUT2D eigenvalue weighted by Gasteiger charge is 2.45. The van der Waals surface area contributed by atoms with Crippen LogP contribution >= 0.6 is 11.6 Å². The molecule has 4 aromatic carbocycles. The van der Waals surface area contributed by atoms with E-state index < -0.39 is 61.1 Å². The molecule has 3 fully saturated rings. The maximum Gasteiger partial charge on any atom is 0.293 e. The molecular weight excluding hydrogens is 1220 g/mol. The number of sulfonamides is 1. The van der Waals surface area contributed by atoms with Gasteiger partial charge in [-0.25, -0.2) is 18.1 Å². The van der Waals surface area contributed by atoms with Crippen molar-refractivity contribution in [2.75, 3.05) is 109 Å². The number of fused-ring (bicyclic) bond motifs is 2. The lowest BCUT2D eigenvalue weighted by atomic mass is 9.72. The molecule has 6 heterocycles. The molecule has 4 N–H and O–H groups in total. The van der Waals surface area contributed by atoms with Crippen LogP contribution in [0, 0.1) is 33.3 Å². The van der Waals surface area contributed by atoms with E-state index in [0.29, 0.717) is 74.6 Å². The fraction of sp³-hybridized carbons (Fsp3) is 0.403. The molecule has 23 nitrogen and oxygen atoms in total. The number of halogens is 1. The number of rotatable bonds is 24. The summed E-state index contributed by atoms with van der Waals surface area (Å²) in [6, 6.07) is 24.0. The van der Waals surface area contributed by atoms with Crippen molar-refractivity contribution in [1.29, 1.82) is 0 Å². The van der Waals surface area contributed by atoms with E-state index >= 15 is 0 Å². The Morgan fingerprint density at radius 2 is 1.61 bits per heavy atom. The summed E-state index contributed by atoms with van der Waals surface area (Å²) in [4.78, 5) is 91.3. The number of allylic oxidation sites excluding steroid dienone is 1. The third kappa shape index (κ3) is 15.7. The number of anilines is 2. The summed E-state index contributed by atoms with van der Waals surface area (Å²) in [7, 11) is -4.64. The van der Waals surface area contributed by atoms with Crippen molar-refractivity contribution in [2.24, 2.45) is 11.3 Å². The van der Waals surface area contributed by atoms with Crippen LogP contribution in [0.25, 0.3) is 16.6 Å². The predicted molar refractivity (Wildman–Crippen MR) is 345 cm³/mol. The standard InChI is InChI=1S/C67H73ClN10O13S/c1-67(2)22-18-48(55(40-67)45-8-10-49(68)11-9-45)43-75-26-28-76(29-27-75)50-12-14-53(59(38-50)91-51-37-47-19-23-69-62(47)71-42-51)63(80)73-92(86,87)52-13-15-56(58(39-52)78(84)85)70-41-44-20-24-74(25-21-44)30-32-89-34-36-90-35-33-88-31-4-6-46-5-3-7-54-61(46)66(83)77(65(54)82)57-16-17-60(79)72-64(57)81/h3,5,7-15,19,23,37-39,42,44,57,70H,16-18,20-22,24-36,40-41,43H2,1-2H3,(H,69,71)(H,73,80)(H,72,79,81). The number of amides is 5. The Kier molecular flexibility index (Phi) is 20.5. The van der Waals surface area contributed by atoms with Gasteiger partial charge in [0.2, 0.25) is 11.8 Å². The number of ether oxygens (including phenoxy) is 4. The van der Waals surface area contributed by atoms with Crippen molar-refractivity contribution in [3.05, 3.63) is 152 Å². The summed E-state index contributed by atoms with van der Waals surface area (Å²) in [6.07, 6.45) is 8.14. The Labute approximate surface area is 538 Å². The second kappa shape index (κ2) is 29.0. The maximum absolute atomic E-state index is 14.2. The van der Waals surface area contributed by atoms with E-state index in [9.17, 15) is 42.5 Å². The lowest BCUT2D eigenvalue weighted by molar-refractivity contribution is -0.384. The zero-order chi connectivity index (χ0) is 64.5. The zero-order valence-electron chi connectivity index (χ0n) is 51.3. The first-order valence-electron chi connectivity index (χ1n) is 30.9. The summed E-state index contributed by atoms with van der Waals surface area (Å²) >= 11 is 6.27. The largest absolute Gasteiger partial charge is 0.455 e. The van der Waals surface area contributed by atoms with E-state index in [1.165, 1.54) is 47.2 Å². The number of nitrogens with one attached hydrogen (secondary N) is 4. The second-order valence-corrected chi connectivity index (χ2v) is 26.5. The molecule has 0 spiro atoms. The number of piperidine rings is 2. The van der Waals surface area contributed by atoms with Crippen LogP contribution in [0.3, 0.4) is 0 Å². The highest BCUT2D eigenvalue weighted by atomic mass is 35.5. The van der Waals surface area contributed by atoms with E-state index in [0.717, 1.165) is 86.9 Å². The minimum Gasteiger partial charge on any atom is -0.455 e. The molecule has 25 heteroatoms. The molecule has 4 aliphatic heterocycles. The Morgan fingerprint density at radius 3 is 2.37 bits per heavy atom. The van der Waals surface area contributed by atoms with Gasteiger partial charge in [0.15, 0.2) is 0 Å². The number of nitro groups is 1. The molecule has 11 rings (SSSR count). The zero-order valence-corrected chi connectivity index (χ0v) is 52.9. The number of hydrogen-bond donors (Lipinski definition) is 4. The number of carbonyl (C=O) groups is 5. The van der Waals surface area contributed by atoms with Crippen molar-refractivity contribution in [2.45, 2.75) is 69.7 Å². The number of likely N-dealkylation sites (tertiary alicyclic amines) is 1. The molecule has 92 heavy (non-hydrogen) atoms. The molecule has 1 unspecified atom stereocenters. The molecule has 0 bridgehead atoms. The van der Waals surface area contributed by atoms with Gasteiger partial charge in [-0.05, 0) is 135 Å². The van der Waals surface area contributed by atoms with Crippen LogP contribution in [0.4, 0.5) is 17.1 Å². The number of H-pyrrole nitrogens is 1. The third-order valence-electron chi connectivity index (χ3n) is 17.5. The molecule has 1 aliphatic carbocycles. The summed E-state index contributed by atoms with van der Waals surface area (Å²) in [5.74, 6) is 3.05. The van der Waals surface area contributed by atoms with Gasteiger partial charge in [0.1, 0.15) is 35.5 Å². The van der Waals surface area contributed by atoms with Crippen molar-refractivity contribution in [1.82, 2.24) is 34.7 Å². The molecule has 0 radical (unpaired) electrons. The lowest BCUT2D eigenvalue weighted by Gasteiger charge is -2.39. The number of nitro benzene ring substituents is 1. The van der Waals surface area contributed by atoms with Gasteiger partial charge in [0.25, 0.3) is 33.4 Å².